The Morgan fingerprint density at radius 1 is 0.882 bits per heavy atom. The molecule has 0 atom stereocenters. The van der Waals surface area contributed by atoms with Crippen LogP contribution in [0.15, 0.2) is 84.9 Å². The van der Waals surface area contributed by atoms with Gasteiger partial charge in [-0.15, -0.1) is 0 Å². The topological polar surface area (TPSA) is 43.8 Å². The van der Waals surface area contributed by atoms with Crippen LogP contribution in [0.2, 0.25) is 0 Å². The SMILES string of the molecule is Cc1ccc(C2(O)CCN(CCC(C(=O)N(C)C)(c3ccccc3)c3ccccc3)CC2)cc1. The second kappa shape index (κ2) is 10.1. The van der Waals surface area contributed by atoms with Crippen molar-refractivity contribution in [3.05, 3.63) is 107 Å². The maximum atomic E-state index is 13.8. The molecule has 3 aromatic carbocycles. The molecule has 1 N–H and O–H groups in total. The van der Waals surface area contributed by atoms with Gasteiger partial charge in [-0.05, 0) is 49.4 Å². The Kier molecular flexibility index (Phi) is 7.20. The first-order chi connectivity index (χ1) is 16.3. The van der Waals surface area contributed by atoms with Gasteiger partial charge in [0.05, 0.1) is 5.60 Å². The van der Waals surface area contributed by atoms with E-state index in [1.807, 2.05) is 50.5 Å². The van der Waals surface area contributed by atoms with E-state index in [4.69, 9.17) is 0 Å². The number of rotatable bonds is 7. The third-order valence-corrected chi connectivity index (χ3v) is 7.38. The standard InChI is InChI=1S/C30H36N2O2/c1-24-14-16-25(17-15-24)29(34)18-21-32(22-19-29)23-20-30(28(33)31(2)3,26-10-6-4-7-11-26)27-12-8-5-9-13-27/h4-17,34H,18-23H2,1-3H3. The van der Waals surface area contributed by atoms with E-state index in [9.17, 15) is 9.90 Å². The van der Waals surface area contributed by atoms with Crippen LogP contribution in [0.4, 0.5) is 0 Å². The lowest BCUT2D eigenvalue weighted by atomic mass is 9.70. The third-order valence-electron chi connectivity index (χ3n) is 7.38. The zero-order chi connectivity index (χ0) is 24.2. The lowest BCUT2D eigenvalue weighted by Crippen LogP contribution is -2.48. The average molecular weight is 457 g/mol. The summed E-state index contributed by atoms with van der Waals surface area (Å²) in [5.74, 6) is 0.0954. The normalized spacial score (nSPS) is 16.2. The Morgan fingerprint density at radius 2 is 1.38 bits per heavy atom. The molecule has 1 aliphatic heterocycles. The molecule has 0 aliphatic carbocycles. The minimum Gasteiger partial charge on any atom is -0.385 e. The maximum Gasteiger partial charge on any atom is 0.237 e. The van der Waals surface area contributed by atoms with E-state index >= 15 is 0 Å². The molecule has 34 heavy (non-hydrogen) atoms. The molecular formula is C30H36N2O2. The van der Waals surface area contributed by atoms with Gasteiger partial charge in [0.1, 0.15) is 5.41 Å². The van der Waals surface area contributed by atoms with Gasteiger partial charge < -0.3 is 14.9 Å². The molecule has 4 heteroatoms. The summed E-state index contributed by atoms with van der Waals surface area (Å²) < 4.78 is 0. The zero-order valence-electron chi connectivity index (χ0n) is 20.6. The molecule has 0 spiro atoms. The molecule has 0 saturated carbocycles. The molecule has 1 aliphatic rings. The van der Waals surface area contributed by atoms with Gasteiger partial charge >= 0.3 is 0 Å². The summed E-state index contributed by atoms with van der Waals surface area (Å²) in [5.41, 5.74) is 2.72. The van der Waals surface area contributed by atoms with Crippen molar-refractivity contribution in [2.75, 3.05) is 33.7 Å². The van der Waals surface area contributed by atoms with Crippen molar-refractivity contribution in [1.29, 1.82) is 0 Å². The number of likely N-dealkylation sites (N-methyl/N-ethyl adjacent to an activating group) is 1. The third kappa shape index (κ3) is 4.79. The summed E-state index contributed by atoms with van der Waals surface area (Å²) in [6, 6.07) is 28.6. The van der Waals surface area contributed by atoms with Gasteiger partial charge in [-0.3, -0.25) is 4.79 Å². The predicted octanol–water partition coefficient (Wildman–Crippen LogP) is 4.74. The number of hydrogen-bond acceptors (Lipinski definition) is 3. The molecule has 1 fully saturated rings. The molecule has 0 bridgehead atoms. The van der Waals surface area contributed by atoms with Crippen molar-refractivity contribution in [3.8, 4) is 0 Å². The molecule has 4 rings (SSSR count). The van der Waals surface area contributed by atoms with Crippen LogP contribution in [0.5, 0.6) is 0 Å². The first kappa shape index (κ1) is 24.2. The van der Waals surface area contributed by atoms with Crippen LogP contribution in [-0.2, 0) is 15.8 Å². The smallest absolute Gasteiger partial charge is 0.237 e. The minimum absolute atomic E-state index is 0.0954. The van der Waals surface area contributed by atoms with E-state index in [-0.39, 0.29) is 5.91 Å². The van der Waals surface area contributed by atoms with Crippen molar-refractivity contribution >= 4 is 5.91 Å². The first-order valence-corrected chi connectivity index (χ1v) is 12.2. The molecule has 0 aromatic heterocycles. The van der Waals surface area contributed by atoms with Crippen LogP contribution in [-0.4, -0.2) is 54.5 Å². The highest BCUT2D eigenvalue weighted by molar-refractivity contribution is 5.91. The van der Waals surface area contributed by atoms with Gasteiger partial charge in [0.2, 0.25) is 5.91 Å². The Bertz CT molecular complexity index is 1030. The van der Waals surface area contributed by atoms with E-state index in [1.54, 1.807) is 4.90 Å². The fourth-order valence-electron chi connectivity index (χ4n) is 5.26. The molecule has 1 amide bonds. The lowest BCUT2D eigenvalue weighted by Gasteiger charge is -2.41. The van der Waals surface area contributed by atoms with Gasteiger partial charge in [-0.1, -0.05) is 90.5 Å². The number of carbonyl (C=O) groups is 1. The molecule has 0 unspecified atom stereocenters. The molecule has 4 nitrogen and oxygen atoms in total. The summed E-state index contributed by atoms with van der Waals surface area (Å²) in [7, 11) is 3.68. The molecule has 1 heterocycles. The lowest BCUT2D eigenvalue weighted by molar-refractivity contribution is -0.133. The highest BCUT2D eigenvalue weighted by Crippen LogP contribution is 2.39. The zero-order valence-corrected chi connectivity index (χ0v) is 20.6. The molecule has 178 valence electrons. The fraction of sp³-hybridized carbons (Fsp3) is 0.367. The van der Waals surface area contributed by atoms with Gasteiger partial charge in [-0.25, -0.2) is 0 Å². The molecule has 3 aromatic rings. The van der Waals surface area contributed by atoms with E-state index < -0.39 is 11.0 Å². The van der Waals surface area contributed by atoms with Crippen LogP contribution in [0.25, 0.3) is 0 Å². The second-order valence-corrected chi connectivity index (χ2v) is 9.83. The summed E-state index contributed by atoms with van der Waals surface area (Å²) in [4.78, 5) is 17.9. The van der Waals surface area contributed by atoms with Crippen LogP contribution < -0.4 is 0 Å². The number of nitrogens with zero attached hydrogens (tertiary/aromatic N) is 2. The second-order valence-electron chi connectivity index (χ2n) is 9.83. The largest absolute Gasteiger partial charge is 0.385 e. The predicted molar refractivity (Wildman–Crippen MR) is 138 cm³/mol. The number of amides is 1. The molecular weight excluding hydrogens is 420 g/mol. The van der Waals surface area contributed by atoms with E-state index in [0.717, 1.165) is 36.3 Å². The van der Waals surface area contributed by atoms with Gasteiger partial charge in [0.15, 0.2) is 0 Å². The number of piperidine rings is 1. The number of likely N-dealkylation sites (tertiary alicyclic amines) is 1. The Balaban J connectivity index is 1.57. The van der Waals surface area contributed by atoms with Crippen LogP contribution in [0.1, 0.15) is 41.5 Å². The van der Waals surface area contributed by atoms with Crippen molar-refractivity contribution in [3.63, 3.8) is 0 Å². The number of hydrogen-bond donors (Lipinski definition) is 1. The van der Waals surface area contributed by atoms with Crippen molar-refractivity contribution in [2.24, 2.45) is 0 Å². The van der Waals surface area contributed by atoms with Crippen molar-refractivity contribution in [1.82, 2.24) is 9.80 Å². The van der Waals surface area contributed by atoms with Gasteiger partial charge in [0.25, 0.3) is 0 Å². The quantitative estimate of drug-likeness (QED) is 0.558. The highest BCUT2D eigenvalue weighted by atomic mass is 16.3. The van der Waals surface area contributed by atoms with Crippen molar-refractivity contribution in [2.45, 2.75) is 37.2 Å². The summed E-state index contributed by atoms with van der Waals surface area (Å²) in [6.07, 6.45) is 2.07. The first-order valence-electron chi connectivity index (χ1n) is 12.2. The number of aryl methyl sites for hydroxylation is 1. The van der Waals surface area contributed by atoms with Crippen LogP contribution >= 0.6 is 0 Å². The monoisotopic (exact) mass is 456 g/mol. The Hall–Kier alpha value is -2.95. The summed E-state index contributed by atoms with van der Waals surface area (Å²) in [5, 5.41) is 11.3. The van der Waals surface area contributed by atoms with E-state index in [2.05, 4.69) is 60.4 Å². The highest BCUT2D eigenvalue weighted by Gasteiger charge is 2.43. The van der Waals surface area contributed by atoms with E-state index in [1.165, 1.54) is 5.56 Å². The molecule has 1 saturated heterocycles. The Labute approximate surface area is 203 Å². The minimum atomic E-state index is -0.778. The average Bonchev–Trinajstić information content (AvgIpc) is 2.87. The van der Waals surface area contributed by atoms with Gasteiger partial charge in [0, 0.05) is 27.2 Å². The summed E-state index contributed by atoms with van der Waals surface area (Å²) in [6.45, 7) is 4.46. The van der Waals surface area contributed by atoms with Crippen LogP contribution in [0.3, 0.4) is 0 Å². The fourth-order valence-corrected chi connectivity index (χ4v) is 5.26. The maximum absolute atomic E-state index is 13.8. The number of benzene rings is 3. The molecule has 0 radical (unpaired) electrons. The number of aliphatic hydroxyl groups is 1. The Morgan fingerprint density at radius 3 is 1.85 bits per heavy atom. The van der Waals surface area contributed by atoms with Crippen LogP contribution in [0, 0.1) is 6.92 Å². The van der Waals surface area contributed by atoms with Crippen molar-refractivity contribution < 1.29 is 9.90 Å². The summed E-state index contributed by atoms with van der Waals surface area (Å²) >= 11 is 0. The van der Waals surface area contributed by atoms with E-state index in [0.29, 0.717) is 19.3 Å². The van der Waals surface area contributed by atoms with Gasteiger partial charge in [-0.2, -0.15) is 0 Å². The number of carbonyl (C=O) groups excluding carboxylic acids is 1.